The van der Waals surface area contributed by atoms with Crippen molar-refractivity contribution in [2.45, 2.75) is 105 Å². The zero-order valence-corrected chi connectivity index (χ0v) is 26.6. The smallest absolute Gasteiger partial charge is 0.339 e. The summed E-state index contributed by atoms with van der Waals surface area (Å²) in [6.07, 6.45) is 12.2. The number of esters is 2. The third-order valence-corrected chi connectivity index (χ3v) is 6.33. The monoisotopic (exact) mass is 596 g/mol. The molecule has 0 saturated carbocycles. The number of unbranched alkanes of at least 4 members (excludes halogenated alkanes) is 4. The van der Waals surface area contributed by atoms with E-state index < -0.39 is 30.0 Å². The van der Waals surface area contributed by atoms with Crippen molar-refractivity contribution in [3.05, 3.63) is 108 Å². The van der Waals surface area contributed by atoms with Gasteiger partial charge in [-0.15, -0.1) is 0 Å². The van der Waals surface area contributed by atoms with Crippen LogP contribution in [0.1, 0.15) is 113 Å². The molecule has 0 N–H and O–H groups in total. The van der Waals surface area contributed by atoms with Gasteiger partial charge < -0.3 is 9.47 Å². The highest BCUT2D eigenvalue weighted by Crippen LogP contribution is 2.20. The number of hydrogen-bond acceptors (Lipinski definition) is 4. The zero-order valence-electron chi connectivity index (χ0n) is 26.6. The van der Waals surface area contributed by atoms with E-state index in [1.807, 2.05) is 45.9 Å². The number of rotatable bonds is 17. The van der Waals surface area contributed by atoms with Crippen molar-refractivity contribution in [1.29, 1.82) is 0 Å². The summed E-state index contributed by atoms with van der Waals surface area (Å²) in [7, 11) is 0. The van der Waals surface area contributed by atoms with Crippen molar-refractivity contribution in [3.8, 4) is 0 Å². The molecule has 2 aromatic carbocycles. The van der Waals surface area contributed by atoms with Gasteiger partial charge >= 0.3 is 11.9 Å². The molecule has 0 aliphatic carbocycles. The van der Waals surface area contributed by atoms with Gasteiger partial charge in [0.1, 0.15) is 11.7 Å². The molecule has 0 fully saturated rings. The van der Waals surface area contributed by atoms with E-state index in [2.05, 4.69) is 6.92 Å². The average molecular weight is 597 g/mol. The minimum absolute atomic E-state index is 0.325. The van der Waals surface area contributed by atoms with E-state index in [0.717, 1.165) is 38.5 Å². The average Bonchev–Trinajstić information content (AvgIpc) is 3.02. The Morgan fingerprint density at radius 3 is 1.79 bits per heavy atom. The number of halogens is 2. The van der Waals surface area contributed by atoms with Gasteiger partial charge in [-0.1, -0.05) is 103 Å². The van der Waals surface area contributed by atoms with Crippen LogP contribution in [0.4, 0.5) is 8.78 Å². The lowest BCUT2D eigenvalue weighted by Gasteiger charge is -2.17. The number of ether oxygens (including phenoxy) is 2. The van der Waals surface area contributed by atoms with E-state index in [4.69, 9.17) is 9.47 Å². The summed E-state index contributed by atoms with van der Waals surface area (Å²) in [4.78, 5) is 24.1. The maximum atomic E-state index is 14.3. The summed E-state index contributed by atoms with van der Waals surface area (Å²) in [5.74, 6) is -1.33. The lowest BCUT2D eigenvalue weighted by Crippen LogP contribution is -2.19. The fourth-order valence-corrected chi connectivity index (χ4v) is 3.81. The molecule has 0 radical (unpaired) electrons. The minimum atomic E-state index is -0.934. The second-order valence-corrected chi connectivity index (χ2v) is 10.8. The molecular formula is C37H50F2O4. The number of allylic oxidation sites excluding steroid dienone is 3. The van der Waals surface area contributed by atoms with E-state index in [0.29, 0.717) is 36.3 Å². The van der Waals surface area contributed by atoms with Gasteiger partial charge in [0.2, 0.25) is 0 Å². The predicted octanol–water partition coefficient (Wildman–Crippen LogP) is 10.9. The van der Waals surface area contributed by atoms with Crippen LogP contribution in [0.2, 0.25) is 0 Å². The van der Waals surface area contributed by atoms with Crippen molar-refractivity contribution in [2.75, 3.05) is 0 Å². The molecule has 2 atom stereocenters. The molecule has 0 aliphatic rings. The first kappa shape index (κ1) is 37.5. The van der Waals surface area contributed by atoms with Gasteiger partial charge in [-0.2, -0.15) is 0 Å². The predicted molar refractivity (Wildman–Crippen MR) is 172 cm³/mol. The summed E-state index contributed by atoms with van der Waals surface area (Å²) < 4.78 is 39.1. The van der Waals surface area contributed by atoms with Crippen LogP contribution in [-0.2, 0) is 9.47 Å². The van der Waals surface area contributed by atoms with Gasteiger partial charge in [0.25, 0.3) is 0 Å². The van der Waals surface area contributed by atoms with Crippen molar-refractivity contribution in [3.63, 3.8) is 0 Å². The van der Waals surface area contributed by atoms with Gasteiger partial charge in [0, 0.05) is 0 Å². The van der Waals surface area contributed by atoms with Gasteiger partial charge in [0.15, 0.2) is 12.2 Å². The highest BCUT2D eigenvalue weighted by molar-refractivity contribution is 5.90. The Morgan fingerprint density at radius 1 is 0.721 bits per heavy atom. The second-order valence-electron chi connectivity index (χ2n) is 10.8. The number of hydrogen-bond donors (Lipinski definition) is 0. The van der Waals surface area contributed by atoms with Crippen LogP contribution in [0, 0.1) is 5.92 Å². The maximum Gasteiger partial charge on any atom is 0.339 e. The fraction of sp³-hybridized carbons (Fsp3) is 0.459. The van der Waals surface area contributed by atoms with Crippen LogP contribution < -0.4 is 0 Å². The maximum absolute atomic E-state index is 14.3. The van der Waals surface area contributed by atoms with E-state index in [-0.39, 0.29) is 5.83 Å². The Morgan fingerprint density at radius 2 is 1.28 bits per heavy atom. The van der Waals surface area contributed by atoms with Gasteiger partial charge in [-0.3, -0.25) is 0 Å². The Hall–Kier alpha value is -3.54. The van der Waals surface area contributed by atoms with Gasteiger partial charge in [0.05, 0.1) is 11.1 Å². The SMILES string of the molecule is CCC/C=C\C(OC(=O)c1ccccc1)/C(F)=C\CCC.CCCCCC(OC(=O)c1ccccc1)/C(F)=C\CC(C)C. The van der Waals surface area contributed by atoms with E-state index in [1.54, 1.807) is 60.7 Å². The third kappa shape index (κ3) is 16.6. The van der Waals surface area contributed by atoms with Crippen LogP contribution >= 0.6 is 0 Å². The largest absolute Gasteiger partial charge is 0.451 e. The van der Waals surface area contributed by atoms with Crippen LogP contribution in [0.5, 0.6) is 0 Å². The molecular weight excluding hydrogens is 546 g/mol. The van der Waals surface area contributed by atoms with Crippen molar-refractivity contribution >= 4 is 11.9 Å². The first-order chi connectivity index (χ1) is 20.7. The van der Waals surface area contributed by atoms with Crippen molar-refractivity contribution in [1.82, 2.24) is 0 Å². The lowest BCUT2D eigenvalue weighted by molar-refractivity contribution is 0.0308. The van der Waals surface area contributed by atoms with Crippen LogP contribution in [0.3, 0.4) is 0 Å². The molecule has 2 rings (SSSR count). The van der Waals surface area contributed by atoms with E-state index >= 15 is 0 Å². The molecule has 0 aromatic heterocycles. The molecule has 2 aromatic rings. The minimum Gasteiger partial charge on any atom is -0.451 e. The Bertz CT molecular complexity index is 1120. The number of carbonyl (C=O) groups excluding carboxylic acids is 2. The molecule has 0 spiro atoms. The van der Waals surface area contributed by atoms with Crippen molar-refractivity contribution in [2.24, 2.45) is 5.92 Å². The standard InChI is InChI=1S/C19H27FO2.C18H23FO2/c1-4-5-7-12-18(17(20)14-13-15(2)3)22-19(21)16-10-8-6-9-11-16;1-3-5-8-14-17(16(19)13-6-4-2)21-18(20)15-11-9-7-10-12-15/h6,8-11,14-15,18H,4-5,7,12-13H2,1-3H3;7-14,17H,3-6H2,1-2H3/b17-14+;14-8-,16-13+. The Labute approximate surface area is 257 Å². The lowest BCUT2D eigenvalue weighted by atomic mass is 10.1. The summed E-state index contributed by atoms with van der Waals surface area (Å²) in [6.45, 7) is 10.2. The second kappa shape index (κ2) is 23.0. The van der Waals surface area contributed by atoms with Crippen LogP contribution in [0.25, 0.3) is 0 Å². The summed E-state index contributed by atoms with van der Waals surface area (Å²) in [6, 6.07) is 17.4. The highest BCUT2D eigenvalue weighted by atomic mass is 19.1. The van der Waals surface area contributed by atoms with Gasteiger partial charge in [-0.25, -0.2) is 18.4 Å². The molecule has 0 aliphatic heterocycles. The van der Waals surface area contributed by atoms with E-state index in [1.165, 1.54) is 6.08 Å². The molecule has 236 valence electrons. The number of benzene rings is 2. The summed E-state index contributed by atoms with van der Waals surface area (Å²) >= 11 is 0. The van der Waals surface area contributed by atoms with Crippen molar-refractivity contribution < 1.29 is 27.8 Å². The molecule has 4 nitrogen and oxygen atoms in total. The third-order valence-electron chi connectivity index (χ3n) is 6.33. The van der Waals surface area contributed by atoms with Crippen LogP contribution in [0.15, 0.2) is 96.6 Å². The molecule has 0 heterocycles. The molecule has 6 heteroatoms. The summed E-state index contributed by atoms with van der Waals surface area (Å²) in [5, 5.41) is 0. The highest BCUT2D eigenvalue weighted by Gasteiger charge is 2.20. The van der Waals surface area contributed by atoms with Gasteiger partial charge in [-0.05, 0) is 80.5 Å². The molecule has 0 saturated heterocycles. The topological polar surface area (TPSA) is 52.6 Å². The fourth-order valence-electron chi connectivity index (χ4n) is 3.81. The normalized spacial score (nSPS) is 13.3. The zero-order chi connectivity index (χ0) is 31.9. The molecule has 0 bridgehead atoms. The Balaban J connectivity index is 0.000000430. The Kier molecular flexibility index (Phi) is 20.0. The number of carbonyl (C=O) groups is 2. The molecule has 2 unspecified atom stereocenters. The first-order valence-corrected chi connectivity index (χ1v) is 15.6. The first-order valence-electron chi connectivity index (χ1n) is 15.6. The molecule has 0 amide bonds. The van der Waals surface area contributed by atoms with E-state index in [9.17, 15) is 18.4 Å². The summed E-state index contributed by atoms with van der Waals surface area (Å²) in [5.41, 5.74) is 0.884. The molecule has 43 heavy (non-hydrogen) atoms. The van der Waals surface area contributed by atoms with Crippen LogP contribution in [-0.4, -0.2) is 24.1 Å². The quantitative estimate of drug-likeness (QED) is 0.104.